The molecule has 28 heavy (non-hydrogen) atoms. The van der Waals surface area contributed by atoms with E-state index in [2.05, 4.69) is 53.4 Å². The van der Waals surface area contributed by atoms with E-state index >= 15 is 0 Å². The quantitative estimate of drug-likeness (QED) is 0.607. The van der Waals surface area contributed by atoms with Crippen LogP contribution < -0.4 is 5.32 Å². The number of nitrogens with zero attached hydrogens (tertiary/aromatic N) is 2. The monoisotopic (exact) mass is 396 g/mol. The fraction of sp³-hybridized carbons (Fsp3) is 0.364. The lowest BCUT2D eigenvalue weighted by atomic mass is 9.63. The van der Waals surface area contributed by atoms with Gasteiger partial charge in [-0.1, -0.05) is 56.6 Å². The van der Waals surface area contributed by atoms with Crippen LogP contribution in [0.4, 0.5) is 0 Å². The molecule has 1 aliphatic heterocycles. The van der Waals surface area contributed by atoms with Crippen molar-refractivity contribution < 1.29 is 5.11 Å². The summed E-state index contributed by atoms with van der Waals surface area (Å²) in [6.45, 7) is 7.90. The van der Waals surface area contributed by atoms with Crippen LogP contribution in [-0.2, 0) is 5.60 Å². The van der Waals surface area contributed by atoms with Gasteiger partial charge < -0.3 is 10.4 Å². The third-order valence-electron chi connectivity index (χ3n) is 5.90. The minimum absolute atomic E-state index is 0.337. The highest BCUT2D eigenvalue weighted by molar-refractivity contribution is 6.29. The Labute approximate surface area is 170 Å². The van der Waals surface area contributed by atoms with Crippen LogP contribution >= 0.6 is 11.6 Å². The van der Waals surface area contributed by atoms with Crippen LogP contribution in [0.1, 0.15) is 43.4 Å². The molecular weight excluding hydrogens is 372 g/mol. The predicted molar refractivity (Wildman–Crippen MR) is 111 cm³/mol. The minimum atomic E-state index is -1.17. The Morgan fingerprint density at radius 3 is 2.36 bits per heavy atom. The summed E-state index contributed by atoms with van der Waals surface area (Å²) < 4.78 is 0. The lowest BCUT2D eigenvalue weighted by Gasteiger charge is -2.52. The molecule has 1 saturated heterocycles. The zero-order valence-corrected chi connectivity index (χ0v) is 17.1. The van der Waals surface area contributed by atoms with Crippen molar-refractivity contribution >= 4 is 11.6 Å². The van der Waals surface area contributed by atoms with Gasteiger partial charge in [0.1, 0.15) is 10.8 Å². The van der Waals surface area contributed by atoms with Crippen LogP contribution in [0.25, 0.3) is 11.3 Å². The van der Waals surface area contributed by atoms with E-state index in [4.69, 9.17) is 11.6 Å². The lowest BCUT2D eigenvalue weighted by Crippen LogP contribution is -2.63. The Kier molecular flexibility index (Phi) is 4.78. The molecule has 2 aromatic heterocycles. The van der Waals surface area contributed by atoms with E-state index in [1.807, 2.05) is 18.2 Å². The Bertz CT molecular complexity index is 978. The van der Waals surface area contributed by atoms with E-state index in [1.54, 1.807) is 18.5 Å². The summed E-state index contributed by atoms with van der Waals surface area (Å²) in [4.78, 5) is 4.40. The first-order valence-electron chi connectivity index (χ1n) is 9.54. The first-order valence-corrected chi connectivity index (χ1v) is 9.92. The molecule has 3 N–H and O–H groups in total. The van der Waals surface area contributed by atoms with Crippen LogP contribution in [0.2, 0.25) is 5.15 Å². The number of aromatic amines is 1. The molecule has 4 rings (SSSR count). The van der Waals surface area contributed by atoms with E-state index < -0.39 is 5.60 Å². The van der Waals surface area contributed by atoms with Gasteiger partial charge in [0.15, 0.2) is 0 Å². The van der Waals surface area contributed by atoms with Gasteiger partial charge >= 0.3 is 0 Å². The zero-order valence-electron chi connectivity index (χ0n) is 16.3. The van der Waals surface area contributed by atoms with Crippen LogP contribution in [0.15, 0.2) is 48.8 Å². The molecule has 0 aliphatic carbocycles. The highest BCUT2D eigenvalue weighted by Gasteiger charge is 2.53. The molecule has 0 saturated carbocycles. The molecule has 0 spiro atoms. The standard InChI is InChI=1S/C22H25ClN4O/c1-14(2)15-4-6-17(7-5-15)22(28,21(3)12-25-13-21)18-8-16(10-24-11-18)19-9-20(23)27-26-19/h4-11,14,25,28H,12-13H2,1-3H3,(H,26,27)/t22-/m0/s1. The average molecular weight is 397 g/mol. The largest absolute Gasteiger partial charge is 0.380 e. The summed E-state index contributed by atoms with van der Waals surface area (Å²) >= 11 is 5.98. The van der Waals surface area contributed by atoms with Gasteiger partial charge in [-0.25, -0.2) is 0 Å². The highest BCUT2D eigenvalue weighted by Crippen LogP contribution is 2.48. The van der Waals surface area contributed by atoms with Crippen molar-refractivity contribution in [2.75, 3.05) is 13.1 Å². The molecule has 1 aromatic carbocycles. The summed E-state index contributed by atoms with van der Waals surface area (Å²) in [5.74, 6) is 0.442. The number of H-pyrrole nitrogens is 1. The molecule has 0 unspecified atom stereocenters. The van der Waals surface area contributed by atoms with E-state index in [0.717, 1.165) is 29.8 Å². The summed E-state index contributed by atoms with van der Waals surface area (Å²) in [6, 6.07) is 12.0. The normalized spacial score (nSPS) is 17.9. The number of aromatic nitrogens is 3. The molecule has 1 atom stereocenters. The fourth-order valence-electron chi connectivity index (χ4n) is 3.95. The molecule has 5 nitrogen and oxygen atoms in total. The summed E-state index contributed by atoms with van der Waals surface area (Å²) in [7, 11) is 0. The maximum atomic E-state index is 12.1. The average Bonchev–Trinajstić information content (AvgIpc) is 3.12. The van der Waals surface area contributed by atoms with Crippen molar-refractivity contribution in [1.29, 1.82) is 0 Å². The van der Waals surface area contributed by atoms with Gasteiger partial charge in [-0.2, -0.15) is 5.10 Å². The predicted octanol–water partition coefficient (Wildman–Crippen LogP) is 4.09. The first-order chi connectivity index (χ1) is 13.3. The van der Waals surface area contributed by atoms with Crippen molar-refractivity contribution in [2.45, 2.75) is 32.3 Å². The summed E-state index contributed by atoms with van der Waals surface area (Å²) in [5.41, 5.74) is 2.89. The number of pyridine rings is 1. The van der Waals surface area contributed by atoms with Crippen molar-refractivity contribution in [3.63, 3.8) is 0 Å². The van der Waals surface area contributed by atoms with Crippen LogP contribution in [-0.4, -0.2) is 33.4 Å². The van der Waals surface area contributed by atoms with Crippen molar-refractivity contribution in [3.05, 3.63) is 70.6 Å². The molecule has 0 bridgehead atoms. The van der Waals surface area contributed by atoms with Crippen LogP contribution in [0, 0.1) is 5.41 Å². The zero-order chi connectivity index (χ0) is 19.9. The van der Waals surface area contributed by atoms with Gasteiger partial charge in [-0.05, 0) is 23.1 Å². The minimum Gasteiger partial charge on any atom is -0.380 e. The van der Waals surface area contributed by atoms with Gasteiger partial charge in [0.05, 0.1) is 5.69 Å². The SMILES string of the molecule is CC(C)c1ccc([C@](O)(c2cncc(-c3cc(Cl)[nH]n3)c2)C2(C)CNC2)cc1. The number of nitrogens with one attached hydrogen (secondary N) is 2. The van der Waals surface area contributed by atoms with Crippen molar-refractivity contribution in [1.82, 2.24) is 20.5 Å². The molecular formula is C22H25ClN4O. The highest BCUT2D eigenvalue weighted by atomic mass is 35.5. The number of rotatable bonds is 5. The Balaban J connectivity index is 1.83. The third kappa shape index (κ3) is 3.04. The Hall–Kier alpha value is -2.21. The third-order valence-corrected chi connectivity index (χ3v) is 6.09. The van der Waals surface area contributed by atoms with E-state index in [-0.39, 0.29) is 5.41 Å². The topological polar surface area (TPSA) is 73.8 Å². The molecule has 0 radical (unpaired) electrons. The smallest absolute Gasteiger partial charge is 0.124 e. The summed E-state index contributed by atoms with van der Waals surface area (Å²) in [5, 5.41) is 22.8. The second kappa shape index (κ2) is 6.99. The number of hydrogen-bond donors (Lipinski definition) is 3. The number of hydrogen-bond acceptors (Lipinski definition) is 4. The van der Waals surface area contributed by atoms with Crippen LogP contribution in [0.5, 0.6) is 0 Å². The molecule has 3 heterocycles. The molecule has 6 heteroatoms. The Morgan fingerprint density at radius 2 is 1.82 bits per heavy atom. The molecule has 1 fully saturated rings. The number of benzene rings is 1. The maximum absolute atomic E-state index is 12.1. The van der Waals surface area contributed by atoms with Crippen molar-refractivity contribution in [3.8, 4) is 11.3 Å². The molecule has 0 amide bonds. The van der Waals surface area contributed by atoms with Crippen LogP contribution in [0.3, 0.4) is 0 Å². The Morgan fingerprint density at radius 1 is 1.11 bits per heavy atom. The first kappa shape index (κ1) is 19.1. The van der Waals surface area contributed by atoms with Gasteiger partial charge in [0.2, 0.25) is 0 Å². The van der Waals surface area contributed by atoms with Gasteiger partial charge in [0.25, 0.3) is 0 Å². The van der Waals surface area contributed by atoms with Gasteiger partial charge in [-0.3, -0.25) is 10.1 Å². The van der Waals surface area contributed by atoms with E-state index in [1.165, 1.54) is 5.56 Å². The van der Waals surface area contributed by atoms with Crippen molar-refractivity contribution in [2.24, 2.45) is 5.41 Å². The van der Waals surface area contributed by atoms with Gasteiger partial charge in [0, 0.05) is 48.1 Å². The maximum Gasteiger partial charge on any atom is 0.124 e. The second-order valence-electron chi connectivity index (χ2n) is 8.21. The number of aliphatic hydroxyl groups is 1. The van der Waals surface area contributed by atoms with Gasteiger partial charge in [-0.15, -0.1) is 0 Å². The number of halogens is 1. The fourth-order valence-corrected chi connectivity index (χ4v) is 4.10. The lowest BCUT2D eigenvalue weighted by molar-refractivity contribution is -0.0769. The summed E-state index contributed by atoms with van der Waals surface area (Å²) in [6.07, 6.45) is 3.48. The second-order valence-corrected chi connectivity index (χ2v) is 8.62. The molecule has 146 valence electrons. The molecule has 3 aromatic rings. The van der Waals surface area contributed by atoms with E-state index in [9.17, 15) is 5.11 Å². The van der Waals surface area contributed by atoms with E-state index in [0.29, 0.717) is 16.8 Å². The molecule has 1 aliphatic rings.